The third kappa shape index (κ3) is 8.72. The van der Waals surface area contributed by atoms with Crippen molar-refractivity contribution in [1.82, 2.24) is 0 Å². The van der Waals surface area contributed by atoms with E-state index in [2.05, 4.69) is 41.6 Å². The summed E-state index contributed by atoms with van der Waals surface area (Å²) in [5.41, 5.74) is 2.11. The summed E-state index contributed by atoms with van der Waals surface area (Å²) < 4.78 is 32.6. The van der Waals surface area contributed by atoms with Gasteiger partial charge in [-0.05, 0) is 69.3 Å². The second-order valence-corrected chi connectivity index (χ2v) is 8.94. The van der Waals surface area contributed by atoms with E-state index in [9.17, 15) is 22.6 Å². The number of benzene rings is 2. The molecule has 10 nitrogen and oxygen atoms in total. The van der Waals surface area contributed by atoms with Crippen molar-refractivity contribution in [3.8, 4) is 0 Å². The molecule has 33 heavy (non-hydrogen) atoms. The number of nitrogens with zero attached hydrogens (tertiary/aromatic N) is 3. The van der Waals surface area contributed by atoms with Crippen molar-refractivity contribution in [2.75, 3.05) is 42.6 Å². The summed E-state index contributed by atoms with van der Waals surface area (Å²) in [6, 6.07) is 13.2. The van der Waals surface area contributed by atoms with Crippen molar-refractivity contribution >= 4 is 44.7 Å². The lowest BCUT2D eigenvalue weighted by molar-refractivity contribution is -0.915. The van der Waals surface area contributed by atoms with Gasteiger partial charge in [-0.3, -0.25) is 9.59 Å². The highest BCUT2D eigenvalue weighted by atomic mass is 32.2. The fraction of sp³-hybridized carbons (Fsp3) is 0.364. The predicted octanol–water partition coefficient (Wildman–Crippen LogP) is 3.40. The van der Waals surface area contributed by atoms with Gasteiger partial charge in [-0.1, -0.05) is 0 Å². The largest absolute Gasteiger partial charge is 0.748 e. The first-order valence-electron chi connectivity index (χ1n) is 10.6. The molecular formula is C22H29N5O5S. The Balaban J connectivity index is 1.93. The highest BCUT2D eigenvalue weighted by Crippen LogP contribution is 2.22. The predicted molar refractivity (Wildman–Crippen MR) is 126 cm³/mol. The number of nitrogens with one attached hydrogen (secondary N) is 2. The molecule has 0 atom stereocenters. The minimum Gasteiger partial charge on any atom is -0.748 e. The molecule has 2 aromatic carbocycles. The molecule has 2 aromatic rings. The summed E-state index contributed by atoms with van der Waals surface area (Å²) in [6.07, 6.45) is 0. The number of likely N-dealkylation sites (N-methyl/N-ethyl adjacent to an activating group) is 1. The van der Waals surface area contributed by atoms with E-state index in [1.807, 2.05) is 0 Å². The Morgan fingerprint density at radius 3 is 1.55 bits per heavy atom. The summed E-state index contributed by atoms with van der Waals surface area (Å²) in [4.78, 5) is 23.9. The molecule has 0 aliphatic carbocycles. The molecule has 2 N–H and O–H groups in total. The average molecular weight is 476 g/mol. The van der Waals surface area contributed by atoms with Crippen molar-refractivity contribution in [3.05, 3.63) is 48.5 Å². The van der Waals surface area contributed by atoms with Crippen LogP contribution in [0.5, 0.6) is 0 Å². The van der Waals surface area contributed by atoms with Crippen molar-refractivity contribution in [2.24, 2.45) is 10.2 Å². The summed E-state index contributed by atoms with van der Waals surface area (Å²) in [7, 11) is -4.63. The molecule has 0 aromatic heterocycles. The van der Waals surface area contributed by atoms with Crippen LogP contribution in [0, 0.1) is 0 Å². The maximum Gasteiger partial charge on any atom is 0.279 e. The van der Waals surface area contributed by atoms with E-state index in [-0.39, 0.29) is 5.91 Å². The zero-order chi connectivity index (χ0) is 24.5. The first kappa shape index (κ1) is 26.1. The summed E-state index contributed by atoms with van der Waals surface area (Å²) >= 11 is 0. The number of carbonyl (C=O) groups is 2. The monoisotopic (exact) mass is 475 g/mol. The highest BCUT2D eigenvalue weighted by molar-refractivity contribution is 7.86. The second-order valence-electron chi connectivity index (χ2n) is 7.54. The molecule has 0 radical (unpaired) electrons. The molecule has 2 amide bonds. The Morgan fingerprint density at radius 2 is 1.18 bits per heavy atom. The number of hydrogen-bond acceptors (Lipinski definition) is 7. The number of quaternary nitrogens is 1. The van der Waals surface area contributed by atoms with Crippen molar-refractivity contribution in [2.45, 2.75) is 20.8 Å². The van der Waals surface area contributed by atoms with Crippen LogP contribution < -0.4 is 10.6 Å². The van der Waals surface area contributed by atoms with E-state index < -0.39 is 21.8 Å². The molecular weight excluding hydrogens is 446 g/mol. The molecule has 0 unspecified atom stereocenters. The minimum absolute atomic E-state index is 0.0324. The Bertz CT molecular complexity index is 1070. The van der Waals surface area contributed by atoms with E-state index in [1.54, 1.807) is 36.4 Å². The fourth-order valence-electron chi connectivity index (χ4n) is 3.21. The van der Waals surface area contributed by atoms with Gasteiger partial charge < -0.3 is 19.7 Å². The van der Waals surface area contributed by atoms with Gasteiger partial charge in [-0.15, -0.1) is 0 Å². The quantitative estimate of drug-likeness (QED) is 0.291. The van der Waals surface area contributed by atoms with E-state index in [0.717, 1.165) is 24.1 Å². The molecule has 0 aliphatic heterocycles. The van der Waals surface area contributed by atoms with Gasteiger partial charge in [0.15, 0.2) is 6.54 Å². The standard InChI is InChI=1S/C22H29N5O5S/c1-4-27(5-2,6-3)15-21(28)23-17-7-11-19(12-8-17)25-26-20-13-9-18(10-14-20)24-22(29)16-33(30,31)32/h7-14H,4-6,15-16H2,1-3H3,(H2-,23,24,25,26,28,29,30,31,32). The zero-order valence-electron chi connectivity index (χ0n) is 18.9. The first-order valence-corrected chi connectivity index (χ1v) is 12.2. The van der Waals surface area contributed by atoms with Crippen LogP contribution in [0.3, 0.4) is 0 Å². The lowest BCUT2D eigenvalue weighted by Gasteiger charge is -2.34. The maximum atomic E-state index is 12.4. The molecule has 2 rings (SSSR count). The van der Waals surface area contributed by atoms with Crippen LogP contribution in [-0.2, 0) is 19.7 Å². The van der Waals surface area contributed by atoms with Gasteiger partial charge in [0.2, 0.25) is 5.91 Å². The highest BCUT2D eigenvalue weighted by Gasteiger charge is 2.24. The van der Waals surface area contributed by atoms with Crippen molar-refractivity contribution < 1.29 is 27.0 Å². The van der Waals surface area contributed by atoms with Gasteiger partial charge in [0, 0.05) is 11.4 Å². The van der Waals surface area contributed by atoms with Gasteiger partial charge in [0.1, 0.15) is 15.9 Å². The van der Waals surface area contributed by atoms with E-state index in [0.29, 0.717) is 29.3 Å². The maximum absolute atomic E-state index is 12.4. The Morgan fingerprint density at radius 1 is 0.788 bits per heavy atom. The zero-order valence-corrected chi connectivity index (χ0v) is 19.8. The SMILES string of the molecule is CC[N+](CC)(CC)CC(=O)Nc1ccc(N=Nc2ccc(NC(=O)CS(=O)(=O)[O-])cc2)cc1. The van der Waals surface area contributed by atoms with Gasteiger partial charge in [0.25, 0.3) is 5.91 Å². The van der Waals surface area contributed by atoms with Crippen molar-refractivity contribution in [3.63, 3.8) is 0 Å². The molecule has 0 fully saturated rings. The summed E-state index contributed by atoms with van der Waals surface area (Å²) in [6.45, 7) is 9.38. The molecule has 178 valence electrons. The van der Waals surface area contributed by atoms with E-state index in [1.165, 1.54) is 12.1 Å². The molecule has 0 spiro atoms. The first-order chi connectivity index (χ1) is 15.6. The Labute approximate surface area is 194 Å². The van der Waals surface area contributed by atoms with Crippen LogP contribution in [0.25, 0.3) is 0 Å². The van der Waals surface area contributed by atoms with E-state index >= 15 is 0 Å². The Kier molecular flexibility index (Phi) is 9.21. The number of rotatable bonds is 11. The van der Waals surface area contributed by atoms with Crippen molar-refractivity contribution in [1.29, 1.82) is 0 Å². The Hall–Kier alpha value is -3.15. The third-order valence-electron chi connectivity index (χ3n) is 5.38. The molecule has 0 heterocycles. The van der Waals surface area contributed by atoms with E-state index in [4.69, 9.17) is 0 Å². The normalized spacial score (nSPS) is 12.0. The van der Waals surface area contributed by atoms with Crippen LogP contribution >= 0.6 is 0 Å². The second kappa shape index (κ2) is 11.6. The van der Waals surface area contributed by atoms with Gasteiger partial charge >= 0.3 is 0 Å². The number of hydrogen-bond donors (Lipinski definition) is 2. The number of anilines is 2. The van der Waals surface area contributed by atoms with Crippen LogP contribution in [0.2, 0.25) is 0 Å². The smallest absolute Gasteiger partial charge is 0.279 e. The number of amides is 2. The van der Waals surface area contributed by atoms with Gasteiger partial charge in [0.05, 0.1) is 31.0 Å². The van der Waals surface area contributed by atoms with Crippen LogP contribution in [-0.4, -0.2) is 61.2 Å². The molecule has 0 saturated heterocycles. The van der Waals surface area contributed by atoms with Crippen LogP contribution in [0.1, 0.15) is 20.8 Å². The van der Waals surface area contributed by atoms with Gasteiger partial charge in [-0.2, -0.15) is 10.2 Å². The van der Waals surface area contributed by atoms with Crippen LogP contribution in [0.15, 0.2) is 58.8 Å². The number of azo groups is 1. The minimum atomic E-state index is -4.63. The number of carbonyl (C=O) groups excluding carboxylic acids is 2. The lowest BCUT2D eigenvalue weighted by atomic mass is 10.2. The molecule has 0 bridgehead atoms. The molecule has 0 aliphatic rings. The topological polar surface area (TPSA) is 140 Å². The lowest BCUT2D eigenvalue weighted by Crippen LogP contribution is -2.51. The molecule has 11 heteroatoms. The fourth-order valence-corrected chi connectivity index (χ4v) is 3.60. The summed E-state index contributed by atoms with van der Waals surface area (Å²) in [5.74, 6) is -2.06. The summed E-state index contributed by atoms with van der Waals surface area (Å²) in [5, 5.41) is 13.5. The van der Waals surface area contributed by atoms with Gasteiger partial charge in [-0.25, -0.2) is 8.42 Å². The van der Waals surface area contributed by atoms with Crippen LogP contribution in [0.4, 0.5) is 22.7 Å². The third-order valence-corrected chi connectivity index (χ3v) is 6.00. The average Bonchev–Trinajstić information content (AvgIpc) is 2.77. The molecule has 0 saturated carbocycles.